The average molecular weight is 465 g/mol. The number of aromatic nitrogens is 4. The lowest BCUT2D eigenvalue weighted by atomic mass is 9.52. The van der Waals surface area contributed by atoms with E-state index in [4.69, 9.17) is 9.26 Å². The third-order valence-corrected chi connectivity index (χ3v) is 8.28. The summed E-state index contributed by atoms with van der Waals surface area (Å²) in [5.41, 5.74) is 1.87. The number of aromatic amines is 1. The van der Waals surface area contributed by atoms with Crippen LogP contribution in [0.15, 0.2) is 23.0 Å². The fourth-order valence-corrected chi connectivity index (χ4v) is 7.04. The molecule has 10 nitrogen and oxygen atoms in total. The predicted octanol–water partition coefficient (Wildman–Crippen LogP) is 2.44. The molecule has 8 rings (SSSR count). The second-order valence-electron chi connectivity index (χ2n) is 10.5. The van der Waals surface area contributed by atoms with Crippen LogP contribution in [0.1, 0.15) is 42.7 Å². The number of nitrogens with one attached hydrogen (secondary N) is 2. The maximum Gasteiger partial charge on any atom is 0.295 e. The second-order valence-corrected chi connectivity index (χ2v) is 10.5. The van der Waals surface area contributed by atoms with Crippen molar-refractivity contribution in [2.24, 2.45) is 17.8 Å². The number of carbonyl (C=O) groups is 1. The number of H-pyrrole nitrogens is 1. The zero-order valence-corrected chi connectivity index (χ0v) is 18.9. The first kappa shape index (κ1) is 20.4. The molecular weight excluding hydrogens is 436 g/mol. The molecule has 4 bridgehead atoms. The van der Waals surface area contributed by atoms with Crippen molar-refractivity contribution in [3.8, 4) is 11.5 Å². The first-order valence-electron chi connectivity index (χ1n) is 12.2. The highest BCUT2D eigenvalue weighted by molar-refractivity contribution is 5.97. The summed E-state index contributed by atoms with van der Waals surface area (Å²) in [4.78, 5) is 26.7. The quantitative estimate of drug-likeness (QED) is 0.537. The highest BCUT2D eigenvalue weighted by atomic mass is 16.5. The van der Waals surface area contributed by atoms with Crippen molar-refractivity contribution < 1.29 is 19.2 Å². The van der Waals surface area contributed by atoms with Gasteiger partial charge in [-0.25, -0.2) is 4.98 Å². The first-order chi connectivity index (χ1) is 16.6. The molecule has 4 heterocycles. The normalized spacial score (nSPS) is 32.4. The van der Waals surface area contributed by atoms with E-state index in [0.717, 1.165) is 48.8 Å². The average Bonchev–Trinajstić information content (AvgIpc) is 3.50. The number of anilines is 1. The number of hydrogen-bond donors (Lipinski definition) is 3. The molecule has 5 aliphatic rings. The third-order valence-electron chi connectivity index (χ3n) is 8.28. The number of pyridine rings is 1. The predicted molar refractivity (Wildman–Crippen MR) is 122 cm³/mol. The van der Waals surface area contributed by atoms with Crippen molar-refractivity contribution >= 4 is 22.6 Å². The zero-order chi connectivity index (χ0) is 22.9. The Morgan fingerprint density at radius 3 is 2.76 bits per heavy atom. The van der Waals surface area contributed by atoms with Gasteiger partial charge >= 0.3 is 0 Å². The fraction of sp³-hybridized carbons (Fsp3) is 0.583. The summed E-state index contributed by atoms with van der Waals surface area (Å²) in [6.07, 6.45) is 8.57. The lowest BCUT2D eigenvalue weighted by Gasteiger charge is -2.58. The molecule has 10 heteroatoms. The number of hydrogen-bond acceptors (Lipinski definition) is 8. The minimum absolute atomic E-state index is 0.0499. The Morgan fingerprint density at radius 1 is 1.21 bits per heavy atom. The van der Waals surface area contributed by atoms with E-state index in [2.05, 4.69) is 25.4 Å². The van der Waals surface area contributed by atoms with Crippen LogP contribution in [-0.4, -0.2) is 74.0 Å². The van der Waals surface area contributed by atoms with Gasteiger partial charge in [0.15, 0.2) is 0 Å². The molecule has 4 aliphatic carbocycles. The zero-order valence-electron chi connectivity index (χ0n) is 18.9. The lowest BCUT2D eigenvalue weighted by molar-refractivity contribution is -0.129. The molecule has 1 aliphatic heterocycles. The van der Waals surface area contributed by atoms with Gasteiger partial charge in [-0.05, 0) is 55.9 Å². The topological polar surface area (TPSA) is 129 Å². The Bertz CT molecular complexity index is 1230. The van der Waals surface area contributed by atoms with Gasteiger partial charge in [0.1, 0.15) is 5.65 Å². The number of rotatable bonds is 4. The molecule has 2 unspecified atom stereocenters. The molecule has 178 valence electrons. The maximum atomic E-state index is 12.8. The number of ether oxygens (including phenoxy) is 1. The summed E-state index contributed by atoms with van der Waals surface area (Å²) in [5, 5.41) is 19.8. The SMILES string of the molecule is O=C(c1noc(-c2cnc3[nH]ccc3c2NC2C3CC4CC2CC(O)(C4)C3)n1)N1CCOCC1. The summed E-state index contributed by atoms with van der Waals surface area (Å²) >= 11 is 0. The van der Waals surface area contributed by atoms with E-state index < -0.39 is 5.60 Å². The Hall–Kier alpha value is -2.98. The molecule has 3 aromatic heterocycles. The van der Waals surface area contributed by atoms with Crippen molar-refractivity contribution in [3.63, 3.8) is 0 Å². The molecule has 2 atom stereocenters. The third kappa shape index (κ3) is 3.23. The molecule has 1 saturated heterocycles. The summed E-state index contributed by atoms with van der Waals surface area (Å²) in [7, 11) is 0. The molecule has 0 aromatic carbocycles. The summed E-state index contributed by atoms with van der Waals surface area (Å²) in [5.74, 6) is 1.58. The van der Waals surface area contributed by atoms with Gasteiger partial charge in [0, 0.05) is 36.9 Å². The molecular formula is C24H28N6O4. The van der Waals surface area contributed by atoms with Crippen molar-refractivity contribution in [1.82, 2.24) is 25.0 Å². The first-order valence-corrected chi connectivity index (χ1v) is 12.2. The summed E-state index contributed by atoms with van der Waals surface area (Å²) in [6, 6.07) is 2.27. The molecule has 34 heavy (non-hydrogen) atoms. The molecule has 3 aromatic rings. The minimum atomic E-state index is -0.486. The molecule has 3 N–H and O–H groups in total. The van der Waals surface area contributed by atoms with Crippen LogP contribution in [0.4, 0.5) is 5.69 Å². The van der Waals surface area contributed by atoms with Crippen LogP contribution in [0.5, 0.6) is 0 Å². The van der Waals surface area contributed by atoms with Crippen molar-refractivity contribution in [2.45, 2.75) is 43.7 Å². The number of aliphatic hydroxyl groups is 1. The number of fused-ring (bicyclic) bond motifs is 1. The summed E-state index contributed by atoms with van der Waals surface area (Å²) in [6.45, 7) is 2.06. The van der Waals surface area contributed by atoms with Gasteiger partial charge in [0.25, 0.3) is 17.6 Å². The molecule has 5 fully saturated rings. The Labute approximate surface area is 196 Å². The van der Waals surface area contributed by atoms with Crippen molar-refractivity contribution in [2.75, 3.05) is 31.6 Å². The van der Waals surface area contributed by atoms with E-state index in [1.54, 1.807) is 11.1 Å². The van der Waals surface area contributed by atoms with Crippen LogP contribution in [0, 0.1) is 17.8 Å². The minimum Gasteiger partial charge on any atom is -0.390 e. The Balaban J connectivity index is 1.23. The van der Waals surface area contributed by atoms with Crippen LogP contribution in [0.25, 0.3) is 22.5 Å². The lowest BCUT2D eigenvalue weighted by Crippen LogP contribution is -2.59. The van der Waals surface area contributed by atoms with Gasteiger partial charge in [-0.15, -0.1) is 0 Å². The number of morpholine rings is 1. The van der Waals surface area contributed by atoms with Gasteiger partial charge in [0.2, 0.25) is 0 Å². The van der Waals surface area contributed by atoms with Gasteiger partial charge in [-0.1, -0.05) is 5.16 Å². The van der Waals surface area contributed by atoms with E-state index in [1.165, 1.54) is 0 Å². The maximum absolute atomic E-state index is 12.8. The number of carbonyl (C=O) groups excluding carboxylic acids is 1. The molecule has 4 saturated carbocycles. The largest absolute Gasteiger partial charge is 0.390 e. The van der Waals surface area contributed by atoms with E-state index in [9.17, 15) is 9.90 Å². The highest BCUT2D eigenvalue weighted by Gasteiger charge is 2.54. The van der Waals surface area contributed by atoms with E-state index in [1.807, 2.05) is 12.3 Å². The second kappa shape index (κ2) is 7.51. The standard InChI is InChI=1S/C24H28N6O4/c31-23(30-3-5-33-6-4-30)21-28-22(34-29-21)17-12-26-20-16(1-2-25-20)19(17)27-18-14-7-13-8-15(18)11-24(32,9-13)10-14/h1-2,12-15,18,32H,3-11H2,(H2,25,26,27). The van der Waals surface area contributed by atoms with Crippen LogP contribution >= 0.6 is 0 Å². The van der Waals surface area contributed by atoms with Crippen LogP contribution < -0.4 is 5.32 Å². The highest BCUT2D eigenvalue weighted by Crippen LogP contribution is 2.56. The van der Waals surface area contributed by atoms with Gasteiger partial charge in [0.05, 0.1) is 30.1 Å². The fourth-order valence-electron chi connectivity index (χ4n) is 7.04. The Morgan fingerprint density at radius 2 is 2.00 bits per heavy atom. The summed E-state index contributed by atoms with van der Waals surface area (Å²) < 4.78 is 10.9. The molecule has 1 amide bonds. The van der Waals surface area contributed by atoms with Gasteiger partial charge < -0.3 is 29.6 Å². The molecule has 0 radical (unpaired) electrons. The van der Waals surface area contributed by atoms with E-state index in [0.29, 0.717) is 49.6 Å². The van der Waals surface area contributed by atoms with Crippen molar-refractivity contribution in [1.29, 1.82) is 0 Å². The van der Waals surface area contributed by atoms with Crippen LogP contribution in [-0.2, 0) is 4.74 Å². The van der Waals surface area contributed by atoms with Gasteiger partial charge in [-0.2, -0.15) is 4.98 Å². The van der Waals surface area contributed by atoms with Crippen LogP contribution in [0.2, 0.25) is 0 Å². The van der Waals surface area contributed by atoms with Gasteiger partial charge in [-0.3, -0.25) is 4.79 Å². The van der Waals surface area contributed by atoms with Crippen molar-refractivity contribution in [3.05, 3.63) is 24.3 Å². The number of nitrogens with zero attached hydrogens (tertiary/aromatic N) is 4. The number of amides is 1. The monoisotopic (exact) mass is 464 g/mol. The smallest absolute Gasteiger partial charge is 0.295 e. The van der Waals surface area contributed by atoms with E-state index >= 15 is 0 Å². The molecule has 0 spiro atoms. The van der Waals surface area contributed by atoms with E-state index in [-0.39, 0.29) is 23.7 Å². The van der Waals surface area contributed by atoms with Crippen LogP contribution in [0.3, 0.4) is 0 Å². The Kier molecular flexibility index (Phi) is 4.51.